The third-order valence-electron chi connectivity index (χ3n) is 1.55. The van der Waals surface area contributed by atoms with E-state index < -0.39 is 0 Å². The van der Waals surface area contributed by atoms with Crippen LogP contribution in [-0.4, -0.2) is 9.97 Å². The molecule has 2 rings (SSSR count). The van der Waals surface area contributed by atoms with Gasteiger partial charge in [0.05, 0.1) is 5.69 Å². The van der Waals surface area contributed by atoms with Gasteiger partial charge in [0.15, 0.2) is 0 Å². The molecule has 0 saturated carbocycles. The van der Waals surface area contributed by atoms with E-state index in [1.807, 2.05) is 25.1 Å². The predicted octanol–water partition coefficient (Wildman–Crippen LogP) is 1.41. The molecule has 0 aliphatic rings. The maximum absolute atomic E-state index is 4.21. The van der Waals surface area contributed by atoms with Crippen molar-refractivity contribution in [2.24, 2.45) is 0 Å². The monoisotopic (exact) mass is 222 g/mol. The number of pyridine rings is 1. The Morgan fingerprint density at radius 1 is 1.31 bits per heavy atom. The van der Waals surface area contributed by atoms with E-state index >= 15 is 0 Å². The molecule has 0 radical (unpaired) electrons. The second-order valence-corrected chi connectivity index (χ2v) is 2.55. The van der Waals surface area contributed by atoms with Gasteiger partial charge in [-0.25, -0.2) is 0 Å². The second-order valence-electron chi connectivity index (χ2n) is 2.55. The van der Waals surface area contributed by atoms with Crippen LogP contribution in [0.2, 0.25) is 0 Å². The predicted molar refractivity (Wildman–Crippen MR) is 45.5 cm³/mol. The van der Waals surface area contributed by atoms with E-state index in [-0.39, 0.29) is 19.5 Å². The quantitative estimate of drug-likeness (QED) is 0.687. The maximum atomic E-state index is 4.21. The minimum atomic E-state index is 0. The van der Waals surface area contributed by atoms with E-state index in [2.05, 4.69) is 15.0 Å². The Kier molecular flexibility index (Phi) is 3.32. The van der Waals surface area contributed by atoms with Crippen molar-refractivity contribution in [3.63, 3.8) is 0 Å². The van der Waals surface area contributed by atoms with Crippen LogP contribution in [0.1, 0.15) is 5.69 Å². The first-order valence-electron chi connectivity index (χ1n) is 3.74. The summed E-state index contributed by atoms with van der Waals surface area (Å²) in [7, 11) is 0. The molecule has 0 aromatic carbocycles. The first kappa shape index (κ1) is 10.1. The van der Waals surface area contributed by atoms with Crippen LogP contribution in [0.5, 0.6) is 0 Å². The molecule has 2 heterocycles. The number of aromatic nitrogens is 3. The smallest absolute Gasteiger partial charge is 0.0620 e. The number of nitrogens with zero attached hydrogens (tertiary/aromatic N) is 3. The van der Waals surface area contributed by atoms with Gasteiger partial charge in [-0.15, -0.1) is 0 Å². The Balaban J connectivity index is 0.000000845. The van der Waals surface area contributed by atoms with Crippen molar-refractivity contribution >= 4 is 0 Å². The Labute approximate surface area is 89.4 Å². The molecule has 0 bridgehead atoms. The number of hydrogen-bond acceptors (Lipinski definition) is 2. The molecule has 0 saturated heterocycles. The average Bonchev–Trinajstić information content (AvgIpc) is 2.54. The van der Waals surface area contributed by atoms with E-state index in [1.165, 1.54) is 0 Å². The summed E-state index contributed by atoms with van der Waals surface area (Å²) in [5, 5.41) is 0. The van der Waals surface area contributed by atoms with Gasteiger partial charge in [-0.05, 0) is 24.9 Å². The minimum Gasteiger partial charge on any atom is -0.441 e. The fourth-order valence-corrected chi connectivity index (χ4v) is 0.998. The van der Waals surface area contributed by atoms with E-state index in [9.17, 15) is 0 Å². The zero-order valence-corrected chi connectivity index (χ0v) is 10.4. The van der Waals surface area contributed by atoms with Crippen molar-refractivity contribution in [1.29, 1.82) is 0 Å². The zero-order chi connectivity index (χ0) is 8.39. The molecule has 0 spiro atoms. The number of hydrogen-bond donors (Lipinski definition) is 0. The van der Waals surface area contributed by atoms with Gasteiger partial charge in [-0.1, -0.05) is 18.0 Å². The van der Waals surface area contributed by atoms with Gasteiger partial charge < -0.3 is 9.97 Å². The van der Waals surface area contributed by atoms with Gasteiger partial charge in [-0.3, -0.25) is 4.98 Å². The second kappa shape index (κ2) is 4.29. The SMILES string of the molecule is Cc1c[n-]c(-c2ccccn2)n1.[Zn]. The Morgan fingerprint density at radius 3 is 2.69 bits per heavy atom. The summed E-state index contributed by atoms with van der Waals surface area (Å²) < 4.78 is 0. The van der Waals surface area contributed by atoms with Crippen LogP contribution in [-0.2, 0) is 19.5 Å². The van der Waals surface area contributed by atoms with Gasteiger partial charge in [0.1, 0.15) is 0 Å². The fraction of sp³-hybridized carbons (Fsp3) is 0.111. The third-order valence-corrected chi connectivity index (χ3v) is 1.55. The molecule has 0 aliphatic carbocycles. The van der Waals surface area contributed by atoms with Crippen LogP contribution < -0.4 is 4.98 Å². The molecular weight excluding hydrogens is 216 g/mol. The van der Waals surface area contributed by atoms with E-state index in [0.29, 0.717) is 5.82 Å². The van der Waals surface area contributed by atoms with Crippen LogP contribution in [0.25, 0.3) is 11.5 Å². The van der Waals surface area contributed by atoms with Crippen LogP contribution in [0.3, 0.4) is 0 Å². The first-order chi connectivity index (χ1) is 5.86. The topological polar surface area (TPSA) is 39.9 Å². The van der Waals surface area contributed by atoms with Crippen LogP contribution in [0.15, 0.2) is 30.6 Å². The molecule has 2 aromatic rings. The van der Waals surface area contributed by atoms with E-state index in [0.717, 1.165) is 11.4 Å². The van der Waals surface area contributed by atoms with Crippen LogP contribution in [0, 0.1) is 6.92 Å². The summed E-state index contributed by atoms with van der Waals surface area (Å²) in [4.78, 5) is 12.5. The molecule has 0 fully saturated rings. The number of aryl methyl sites for hydroxylation is 1. The Morgan fingerprint density at radius 2 is 2.15 bits per heavy atom. The van der Waals surface area contributed by atoms with Crippen molar-refractivity contribution in [1.82, 2.24) is 15.0 Å². The van der Waals surface area contributed by atoms with Crippen molar-refractivity contribution in [3.05, 3.63) is 36.3 Å². The standard InChI is InChI=1S/C9H8N3.Zn/c1-7-6-11-9(12-7)8-4-2-3-5-10-8;/h2-6H,1H3;/q-1;. The van der Waals surface area contributed by atoms with Gasteiger partial charge >= 0.3 is 0 Å². The maximum Gasteiger partial charge on any atom is 0.0620 e. The molecule has 0 atom stereocenters. The first-order valence-corrected chi connectivity index (χ1v) is 3.74. The largest absolute Gasteiger partial charge is 0.441 e. The van der Waals surface area contributed by atoms with Gasteiger partial charge in [-0.2, -0.15) is 0 Å². The minimum absolute atomic E-state index is 0. The summed E-state index contributed by atoms with van der Waals surface area (Å²) in [5.74, 6) is 0.702. The third kappa shape index (κ3) is 2.22. The average molecular weight is 224 g/mol. The van der Waals surface area contributed by atoms with Gasteiger partial charge in [0.25, 0.3) is 0 Å². The molecule has 0 amide bonds. The molecule has 62 valence electrons. The molecule has 0 unspecified atom stereocenters. The molecule has 0 aliphatic heterocycles. The molecule has 2 aromatic heterocycles. The number of imidazole rings is 1. The van der Waals surface area contributed by atoms with Crippen molar-refractivity contribution < 1.29 is 19.5 Å². The molecule has 0 N–H and O–H groups in total. The summed E-state index contributed by atoms with van der Waals surface area (Å²) in [6, 6.07) is 5.70. The van der Waals surface area contributed by atoms with Gasteiger partial charge in [0.2, 0.25) is 0 Å². The zero-order valence-electron chi connectivity index (χ0n) is 7.44. The normalized spacial score (nSPS) is 9.31. The van der Waals surface area contributed by atoms with Crippen molar-refractivity contribution in [2.45, 2.75) is 6.92 Å². The molecule has 3 nitrogen and oxygen atoms in total. The number of rotatable bonds is 1. The Hall–Kier alpha value is -1.02. The van der Waals surface area contributed by atoms with E-state index in [4.69, 9.17) is 0 Å². The van der Waals surface area contributed by atoms with Crippen molar-refractivity contribution in [2.75, 3.05) is 0 Å². The molecule has 4 heteroatoms. The van der Waals surface area contributed by atoms with Gasteiger partial charge in [0, 0.05) is 25.7 Å². The summed E-state index contributed by atoms with van der Waals surface area (Å²) in [6.45, 7) is 1.92. The van der Waals surface area contributed by atoms with Crippen LogP contribution >= 0.6 is 0 Å². The fourth-order valence-electron chi connectivity index (χ4n) is 0.998. The van der Waals surface area contributed by atoms with Crippen molar-refractivity contribution in [3.8, 4) is 11.5 Å². The summed E-state index contributed by atoms with van der Waals surface area (Å²) in [5.41, 5.74) is 1.75. The van der Waals surface area contributed by atoms with Crippen LogP contribution in [0.4, 0.5) is 0 Å². The summed E-state index contributed by atoms with van der Waals surface area (Å²) >= 11 is 0. The molecular formula is C9H8N3Zn-. The van der Waals surface area contributed by atoms with E-state index in [1.54, 1.807) is 12.4 Å². The summed E-state index contributed by atoms with van der Waals surface area (Å²) in [6.07, 6.45) is 3.48. The Bertz CT molecular complexity index is 369. The molecule has 13 heavy (non-hydrogen) atoms.